The van der Waals surface area contributed by atoms with Gasteiger partial charge >= 0.3 is 0 Å². The fraction of sp³-hybridized carbons (Fsp3) is 0.200. The SMILES string of the molecule is CN=c1scc(-c2ccccn2)n1C. The number of hydrogen-bond donors (Lipinski definition) is 0. The predicted octanol–water partition coefficient (Wildman–Crippen LogP) is 1.68. The number of pyridine rings is 1. The zero-order valence-electron chi connectivity index (χ0n) is 8.14. The maximum Gasteiger partial charge on any atom is 0.184 e. The maximum atomic E-state index is 4.30. The smallest absolute Gasteiger partial charge is 0.184 e. The number of nitrogens with zero attached hydrogens (tertiary/aromatic N) is 3. The van der Waals surface area contributed by atoms with Gasteiger partial charge in [0.05, 0.1) is 11.4 Å². The van der Waals surface area contributed by atoms with E-state index in [2.05, 4.69) is 15.4 Å². The monoisotopic (exact) mass is 205 g/mol. The van der Waals surface area contributed by atoms with Crippen LogP contribution in [0.1, 0.15) is 0 Å². The van der Waals surface area contributed by atoms with Gasteiger partial charge in [0.25, 0.3) is 0 Å². The van der Waals surface area contributed by atoms with Gasteiger partial charge in [0.15, 0.2) is 4.80 Å². The van der Waals surface area contributed by atoms with E-state index in [9.17, 15) is 0 Å². The molecule has 0 N–H and O–H groups in total. The Kier molecular flexibility index (Phi) is 2.45. The molecule has 4 heteroatoms. The van der Waals surface area contributed by atoms with E-state index in [1.165, 1.54) is 0 Å². The van der Waals surface area contributed by atoms with Crippen molar-refractivity contribution in [2.45, 2.75) is 0 Å². The first-order valence-electron chi connectivity index (χ1n) is 4.31. The molecule has 2 aromatic heterocycles. The normalized spacial score (nSPS) is 12.0. The zero-order chi connectivity index (χ0) is 9.97. The van der Waals surface area contributed by atoms with Crippen LogP contribution in [0.25, 0.3) is 11.4 Å². The van der Waals surface area contributed by atoms with Crippen LogP contribution in [0, 0.1) is 0 Å². The summed E-state index contributed by atoms with van der Waals surface area (Å²) in [4.78, 5) is 9.48. The lowest BCUT2D eigenvalue weighted by molar-refractivity contribution is 0.871. The molecule has 0 spiro atoms. The Hall–Kier alpha value is -1.42. The third-order valence-electron chi connectivity index (χ3n) is 2.04. The molecule has 0 saturated heterocycles. The number of thiazole rings is 1. The summed E-state index contributed by atoms with van der Waals surface area (Å²) in [6.45, 7) is 0. The Bertz CT molecular complexity index is 482. The Balaban J connectivity index is 2.59. The lowest BCUT2D eigenvalue weighted by Gasteiger charge is -2.00. The minimum absolute atomic E-state index is 0.987. The summed E-state index contributed by atoms with van der Waals surface area (Å²) in [5, 5.41) is 2.07. The van der Waals surface area contributed by atoms with Crippen molar-refractivity contribution >= 4 is 11.3 Å². The molecule has 2 heterocycles. The van der Waals surface area contributed by atoms with Crippen molar-refractivity contribution in [2.75, 3.05) is 7.05 Å². The van der Waals surface area contributed by atoms with Gasteiger partial charge in [0.2, 0.25) is 0 Å². The molecule has 0 aliphatic heterocycles. The third kappa shape index (κ3) is 1.48. The van der Waals surface area contributed by atoms with E-state index in [1.54, 1.807) is 24.6 Å². The van der Waals surface area contributed by atoms with Crippen LogP contribution in [0.4, 0.5) is 0 Å². The standard InChI is InChI=1S/C10H11N3S/c1-11-10-13(2)9(7-14-10)8-5-3-4-6-12-8/h3-7H,1-2H3. The highest BCUT2D eigenvalue weighted by Gasteiger charge is 2.03. The van der Waals surface area contributed by atoms with E-state index in [-0.39, 0.29) is 0 Å². The van der Waals surface area contributed by atoms with Crippen LogP contribution in [-0.4, -0.2) is 16.6 Å². The summed E-state index contributed by atoms with van der Waals surface area (Å²) in [6, 6.07) is 5.91. The second kappa shape index (κ2) is 3.75. The summed E-state index contributed by atoms with van der Waals surface area (Å²) in [5.74, 6) is 0. The highest BCUT2D eigenvalue weighted by Crippen LogP contribution is 2.15. The number of rotatable bonds is 1. The second-order valence-electron chi connectivity index (χ2n) is 2.90. The summed E-state index contributed by atoms with van der Waals surface area (Å²) in [5.41, 5.74) is 2.09. The Morgan fingerprint density at radius 3 is 2.86 bits per heavy atom. The molecule has 72 valence electrons. The molecule has 0 atom stereocenters. The fourth-order valence-corrected chi connectivity index (χ4v) is 2.18. The van der Waals surface area contributed by atoms with Gasteiger partial charge in [0.1, 0.15) is 0 Å². The van der Waals surface area contributed by atoms with Gasteiger partial charge in [-0.1, -0.05) is 6.07 Å². The van der Waals surface area contributed by atoms with Crippen LogP contribution in [0.15, 0.2) is 34.8 Å². The Morgan fingerprint density at radius 1 is 1.43 bits per heavy atom. The Morgan fingerprint density at radius 2 is 2.29 bits per heavy atom. The average Bonchev–Trinajstić information content (AvgIpc) is 2.61. The largest absolute Gasteiger partial charge is 0.319 e. The molecule has 3 nitrogen and oxygen atoms in total. The van der Waals surface area contributed by atoms with Crippen molar-refractivity contribution in [3.63, 3.8) is 0 Å². The Labute approximate surface area is 86.4 Å². The van der Waals surface area contributed by atoms with E-state index in [1.807, 2.05) is 29.8 Å². The van der Waals surface area contributed by atoms with E-state index in [4.69, 9.17) is 0 Å². The van der Waals surface area contributed by atoms with Crippen LogP contribution >= 0.6 is 11.3 Å². The maximum absolute atomic E-state index is 4.30. The molecule has 14 heavy (non-hydrogen) atoms. The molecule has 2 aromatic rings. The van der Waals surface area contributed by atoms with Crippen molar-refractivity contribution in [2.24, 2.45) is 12.0 Å². The zero-order valence-corrected chi connectivity index (χ0v) is 8.95. The van der Waals surface area contributed by atoms with Crippen LogP contribution in [0.2, 0.25) is 0 Å². The number of aromatic nitrogens is 2. The molecule has 0 unspecified atom stereocenters. The molecule has 0 amide bonds. The van der Waals surface area contributed by atoms with Crippen LogP contribution in [0.3, 0.4) is 0 Å². The minimum Gasteiger partial charge on any atom is -0.319 e. The van der Waals surface area contributed by atoms with Gasteiger partial charge in [0, 0.05) is 25.7 Å². The first-order valence-corrected chi connectivity index (χ1v) is 5.19. The lowest BCUT2D eigenvalue weighted by Crippen LogP contribution is -2.11. The van der Waals surface area contributed by atoms with Crippen LogP contribution in [0.5, 0.6) is 0 Å². The van der Waals surface area contributed by atoms with Gasteiger partial charge in [-0.3, -0.25) is 9.98 Å². The molecule has 0 radical (unpaired) electrons. The van der Waals surface area contributed by atoms with Crippen molar-refractivity contribution in [1.29, 1.82) is 0 Å². The van der Waals surface area contributed by atoms with Crippen molar-refractivity contribution in [1.82, 2.24) is 9.55 Å². The molecule has 0 aliphatic rings. The van der Waals surface area contributed by atoms with Crippen LogP contribution in [-0.2, 0) is 7.05 Å². The molecule has 0 bridgehead atoms. The number of hydrogen-bond acceptors (Lipinski definition) is 3. The van der Waals surface area contributed by atoms with E-state index >= 15 is 0 Å². The van der Waals surface area contributed by atoms with Crippen molar-refractivity contribution < 1.29 is 0 Å². The second-order valence-corrected chi connectivity index (χ2v) is 3.74. The topological polar surface area (TPSA) is 30.2 Å². The average molecular weight is 205 g/mol. The van der Waals surface area contributed by atoms with Gasteiger partial charge in [-0.15, -0.1) is 11.3 Å². The van der Waals surface area contributed by atoms with Gasteiger partial charge in [-0.2, -0.15) is 0 Å². The minimum atomic E-state index is 0.987. The van der Waals surface area contributed by atoms with E-state index in [0.29, 0.717) is 0 Å². The third-order valence-corrected chi connectivity index (χ3v) is 3.05. The van der Waals surface area contributed by atoms with Gasteiger partial charge in [-0.05, 0) is 12.1 Å². The molecule has 0 fully saturated rings. The van der Waals surface area contributed by atoms with Crippen molar-refractivity contribution in [3.05, 3.63) is 34.6 Å². The van der Waals surface area contributed by atoms with Crippen molar-refractivity contribution in [3.8, 4) is 11.4 Å². The summed E-state index contributed by atoms with van der Waals surface area (Å²) in [6.07, 6.45) is 1.80. The highest BCUT2D eigenvalue weighted by atomic mass is 32.1. The molecule has 2 rings (SSSR count). The first kappa shape index (κ1) is 9.15. The lowest BCUT2D eigenvalue weighted by atomic mass is 10.3. The summed E-state index contributed by atoms with van der Waals surface area (Å²) < 4.78 is 2.05. The quantitative estimate of drug-likeness (QED) is 0.696. The van der Waals surface area contributed by atoms with Gasteiger partial charge < -0.3 is 4.57 Å². The molecular formula is C10H11N3S. The van der Waals surface area contributed by atoms with E-state index in [0.717, 1.165) is 16.2 Å². The summed E-state index contributed by atoms with van der Waals surface area (Å²) in [7, 11) is 3.80. The molecular weight excluding hydrogens is 194 g/mol. The molecule has 0 aromatic carbocycles. The first-order chi connectivity index (χ1) is 6.83. The highest BCUT2D eigenvalue weighted by molar-refractivity contribution is 7.07. The van der Waals surface area contributed by atoms with Gasteiger partial charge in [-0.25, -0.2) is 0 Å². The predicted molar refractivity (Wildman–Crippen MR) is 58.0 cm³/mol. The van der Waals surface area contributed by atoms with Crippen LogP contribution < -0.4 is 4.80 Å². The molecule has 0 aliphatic carbocycles. The van der Waals surface area contributed by atoms with E-state index < -0.39 is 0 Å². The molecule has 0 saturated carbocycles. The fourth-order valence-electron chi connectivity index (χ4n) is 1.32. The summed E-state index contributed by atoms with van der Waals surface area (Å²) >= 11 is 1.63.